The highest BCUT2D eigenvalue weighted by Gasteiger charge is 2.34. The third-order valence-electron chi connectivity index (χ3n) is 6.45. The molecule has 8 nitrogen and oxygen atoms in total. The Bertz CT molecular complexity index is 1240. The van der Waals surface area contributed by atoms with Crippen molar-refractivity contribution in [2.24, 2.45) is 11.3 Å². The number of H-pyrrole nitrogens is 1. The first-order valence-corrected chi connectivity index (χ1v) is 12.9. The Morgan fingerprint density at radius 2 is 1.89 bits per heavy atom. The zero-order valence-electron chi connectivity index (χ0n) is 21.0. The lowest BCUT2D eigenvalue weighted by Crippen LogP contribution is -2.26. The molecule has 0 spiro atoms. The van der Waals surface area contributed by atoms with Crippen molar-refractivity contribution in [3.8, 4) is 11.4 Å². The number of carbonyl (C=O) groups excluding carboxylic acids is 3. The lowest BCUT2D eigenvalue weighted by atomic mass is 9.72. The van der Waals surface area contributed by atoms with Crippen molar-refractivity contribution in [3.63, 3.8) is 0 Å². The molecule has 0 radical (unpaired) electrons. The van der Waals surface area contributed by atoms with Crippen LogP contribution in [0.15, 0.2) is 36.7 Å². The Labute approximate surface area is 214 Å². The van der Waals surface area contributed by atoms with Crippen LogP contribution in [0.5, 0.6) is 0 Å². The SMILES string of the molecule is CCOC(=O)c1c(NC(=O)COC(=O)c2ccc(-c3ncc[nH]3)cc2)sc2c1CCC(C(C)(C)C)C2. The zero-order valence-corrected chi connectivity index (χ0v) is 21.8. The van der Waals surface area contributed by atoms with Crippen LogP contribution in [0.4, 0.5) is 5.00 Å². The molecule has 0 aliphatic heterocycles. The standard InChI is InChI=1S/C27H31N3O5S/c1-5-34-26(33)22-19-11-10-18(27(2,3)4)14-20(19)36-24(22)30-21(31)15-35-25(32)17-8-6-16(7-9-17)23-28-12-13-29-23/h6-9,12-13,18H,5,10-11,14-15H2,1-4H3,(H,28,29)(H,30,31). The van der Waals surface area contributed by atoms with Gasteiger partial charge in [-0.2, -0.15) is 0 Å². The number of rotatable bonds is 7. The van der Waals surface area contributed by atoms with Crippen LogP contribution in [0, 0.1) is 11.3 Å². The van der Waals surface area contributed by atoms with Gasteiger partial charge in [0.25, 0.3) is 5.91 Å². The fraction of sp³-hybridized carbons (Fsp3) is 0.407. The van der Waals surface area contributed by atoms with Crippen LogP contribution >= 0.6 is 11.3 Å². The zero-order chi connectivity index (χ0) is 25.9. The van der Waals surface area contributed by atoms with E-state index in [1.165, 1.54) is 11.3 Å². The van der Waals surface area contributed by atoms with E-state index in [1.807, 2.05) is 0 Å². The predicted molar refractivity (Wildman–Crippen MR) is 138 cm³/mol. The normalized spacial score (nSPS) is 15.2. The number of benzene rings is 1. The molecule has 1 aliphatic carbocycles. The van der Waals surface area contributed by atoms with Gasteiger partial charge in [0.1, 0.15) is 10.8 Å². The number of ether oxygens (including phenoxy) is 2. The van der Waals surface area contributed by atoms with Crippen LogP contribution < -0.4 is 5.32 Å². The van der Waals surface area contributed by atoms with Crippen molar-refractivity contribution in [1.29, 1.82) is 0 Å². The lowest BCUT2D eigenvalue weighted by molar-refractivity contribution is -0.119. The minimum Gasteiger partial charge on any atom is -0.462 e. The van der Waals surface area contributed by atoms with E-state index >= 15 is 0 Å². The first-order valence-electron chi connectivity index (χ1n) is 12.1. The molecule has 3 aromatic rings. The molecule has 1 atom stereocenters. The minimum atomic E-state index is -0.611. The van der Waals surface area contributed by atoms with Gasteiger partial charge in [-0.15, -0.1) is 11.3 Å². The second-order valence-corrected chi connectivity index (χ2v) is 11.0. The number of imidazole rings is 1. The van der Waals surface area contributed by atoms with E-state index in [9.17, 15) is 14.4 Å². The van der Waals surface area contributed by atoms with Crippen LogP contribution in [-0.4, -0.2) is 41.0 Å². The maximum Gasteiger partial charge on any atom is 0.341 e. The molecule has 9 heteroatoms. The highest BCUT2D eigenvalue weighted by atomic mass is 32.1. The van der Waals surface area contributed by atoms with Crippen molar-refractivity contribution >= 4 is 34.2 Å². The molecule has 1 amide bonds. The maximum absolute atomic E-state index is 12.8. The first-order chi connectivity index (χ1) is 17.2. The van der Waals surface area contributed by atoms with Gasteiger partial charge in [-0.1, -0.05) is 32.9 Å². The average Bonchev–Trinajstić information content (AvgIpc) is 3.50. The number of aromatic nitrogens is 2. The van der Waals surface area contributed by atoms with Crippen LogP contribution in [0.2, 0.25) is 0 Å². The highest BCUT2D eigenvalue weighted by Crippen LogP contribution is 2.44. The van der Waals surface area contributed by atoms with Gasteiger partial charge in [-0.25, -0.2) is 14.6 Å². The van der Waals surface area contributed by atoms with Crippen LogP contribution in [0.25, 0.3) is 11.4 Å². The van der Waals surface area contributed by atoms with E-state index in [-0.39, 0.29) is 12.0 Å². The summed E-state index contributed by atoms with van der Waals surface area (Å²) in [4.78, 5) is 46.2. The summed E-state index contributed by atoms with van der Waals surface area (Å²) in [6.45, 7) is 8.22. The van der Waals surface area contributed by atoms with E-state index in [1.54, 1.807) is 43.6 Å². The molecule has 1 aromatic carbocycles. The van der Waals surface area contributed by atoms with E-state index in [0.29, 0.717) is 27.9 Å². The summed E-state index contributed by atoms with van der Waals surface area (Å²) in [5, 5.41) is 3.24. The van der Waals surface area contributed by atoms with Crippen LogP contribution in [-0.2, 0) is 27.1 Å². The Morgan fingerprint density at radius 1 is 1.14 bits per heavy atom. The molecule has 2 heterocycles. The van der Waals surface area contributed by atoms with Gasteiger partial charge in [0.05, 0.1) is 17.7 Å². The van der Waals surface area contributed by atoms with Gasteiger partial charge >= 0.3 is 11.9 Å². The summed E-state index contributed by atoms with van der Waals surface area (Å²) in [6, 6.07) is 6.75. The van der Waals surface area contributed by atoms with E-state index in [4.69, 9.17) is 9.47 Å². The molecule has 2 aromatic heterocycles. The quantitative estimate of drug-likeness (QED) is 0.420. The molecule has 0 saturated heterocycles. The molecule has 36 heavy (non-hydrogen) atoms. The summed E-state index contributed by atoms with van der Waals surface area (Å²) in [6.07, 6.45) is 5.96. The Kier molecular flexibility index (Phi) is 7.59. The Morgan fingerprint density at radius 3 is 2.53 bits per heavy atom. The Balaban J connectivity index is 1.43. The molecular weight excluding hydrogens is 478 g/mol. The number of fused-ring (bicyclic) bond motifs is 1. The van der Waals surface area contributed by atoms with Crippen molar-refractivity contribution in [1.82, 2.24) is 9.97 Å². The Hall–Kier alpha value is -3.46. The van der Waals surface area contributed by atoms with Gasteiger partial charge in [-0.3, -0.25) is 4.79 Å². The second-order valence-electron chi connectivity index (χ2n) is 9.87. The maximum atomic E-state index is 12.8. The number of aromatic amines is 1. The number of nitrogens with one attached hydrogen (secondary N) is 2. The molecule has 4 rings (SSSR count). The molecule has 190 valence electrons. The molecular formula is C27H31N3O5S. The van der Waals surface area contributed by atoms with Gasteiger partial charge in [0.15, 0.2) is 6.61 Å². The van der Waals surface area contributed by atoms with Gasteiger partial charge in [0.2, 0.25) is 0 Å². The lowest BCUT2D eigenvalue weighted by Gasteiger charge is -2.33. The molecule has 0 saturated carbocycles. The van der Waals surface area contributed by atoms with Crippen molar-refractivity contribution < 1.29 is 23.9 Å². The summed E-state index contributed by atoms with van der Waals surface area (Å²) < 4.78 is 10.5. The minimum absolute atomic E-state index is 0.152. The first kappa shape index (κ1) is 25.6. The van der Waals surface area contributed by atoms with Crippen LogP contribution in [0.3, 0.4) is 0 Å². The summed E-state index contributed by atoms with van der Waals surface area (Å²) >= 11 is 1.41. The van der Waals surface area contributed by atoms with Crippen LogP contribution in [0.1, 0.15) is 65.3 Å². The second kappa shape index (κ2) is 10.7. The van der Waals surface area contributed by atoms with Crippen molar-refractivity contribution in [2.75, 3.05) is 18.5 Å². The molecule has 1 aliphatic rings. The molecule has 0 fully saturated rings. The van der Waals surface area contributed by atoms with E-state index < -0.39 is 24.5 Å². The third kappa shape index (κ3) is 5.67. The predicted octanol–water partition coefficient (Wildman–Crippen LogP) is 5.26. The van der Waals surface area contributed by atoms with E-state index in [0.717, 1.165) is 35.3 Å². The fourth-order valence-corrected chi connectivity index (χ4v) is 5.73. The number of thiophene rings is 1. The summed E-state index contributed by atoms with van der Waals surface area (Å²) in [7, 11) is 0. The average molecular weight is 510 g/mol. The fourth-order valence-electron chi connectivity index (χ4n) is 4.40. The number of hydrogen-bond acceptors (Lipinski definition) is 7. The van der Waals surface area contributed by atoms with Crippen molar-refractivity contribution in [2.45, 2.75) is 47.0 Å². The smallest absolute Gasteiger partial charge is 0.341 e. The van der Waals surface area contributed by atoms with Crippen molar-refractivity contribution in [3.05, 3.63) is 58.2 Å². The molecule has 0 bridgehead atoms. The third-order valence-corrected chi connectivity index (χ3v) is 7.62. The highest BCUT2D eigenvalue weighted by molar-refractivity contribution is 7.17. The summed E-state index contributed by atoms with van der Waals surface area (Å²) in [5.41, 5.74) is 2.70. The van der Waals surface area contributed by atoms with Gasteiger partial charge in [0, 0.05) is 22.8 Å². The number of amides is 1. The number of esters is 2. The number of carbonyl (C=O) groups is 3. The monoisotopic (exact) mass is 509 g/mol. The summed E-state index contributed by atoms with van der Waals surface area (Å²) in [5.74, 6) is -0.373. The van der Waals surface area contributed by atoms with Gasteiger partial charge in [-0.05, 0) is 55.2 Å². The van der Waals surface area contributed by atoms with Gasteiger partial charge < -0.3 is 19.8 Å². The number of nitrogens with zero attached hydrogens (tertiary/aromatic N) is 1. The largest absolute Gasteiger partial charge is 0.462 e. The number of hydrogen-bond donors (Lipinski definition) is 2. The number of anilines is 1. The van der Waals surface area contributed by atoms with E-state index in [2.05, 4.69) is 36.1 Å². The topological polar surface area (TPSA) is 110 Å². The molecule has 1 unspecified atom stereocenters. The molecule has 2 N–H and O–H groups in total.